The van der Waals surface area contributed by atoms with Crippen LogP contribution in [0.3, 0.4) is 0 Å². The first-order valence-corrected chi connectivity index (χ1v) is 13.3. The van der Waals surface area contributed by atoms with Crippen molar-refractivity contribution in [3.05, 3.63) is 53.1 Å². The second-order valence-electron chi connectivity index (χ2n) is 9.03. The number of carbonyl (C=O) groups excluding carboxylic acids is 2. The van der Waals surface area contributed by atoms with E-state index in [2.05, 4.69) is 10.2 Å². The van der Waals surface area contributed by atoms with Crippen molar-refractivity contribution in [1.29, 1.82) is 0 Å². The van der Waals surface area contributed by atoms with Gasteiger partial charge in [0.15, 0.2) is 5.78 Å². The Morgan fingerprint density at radius 2 is 1.74 bits per heavy atom. The summed E-state index contributed by atoms with van der Waals surface area (Å²) in [6, 6.07) is 10.6. The number of amides is 1. The zero-order chi connectivity index (χ0) is 23.7. The molecule has 9 heteroatoms. The lowest BCUT2D eigenvalue weighted by atomic mass is 9.96. The Bertz CT molecular complexity index is 1220. The van der Waals surface area contributed by atoms with Crippen LogP contribution in [-0.4, -0.2) is 63.8 Å². The Kier molecular flexibility index (Phi) is 6.42. The third-order valence-electron chi connectivity index (χ3n) is 6.75. The van der Waals surface area contributed by atoms with E-state index < -0.39 is 10.0 Å². The molecule has 0 aromatic heterocycles. The number of ketones is 1. The van der Waals surface area contributed by atoms with Crippen molar-refractivity contribution in [2.24, 2.45) is 0 Å². The zero-order valence-corrected chi connectivity index (χ0v) is 19.9. The number of nitrogens with zero attached hydrogens (tertiary/aromatic N) is 2. The smallest absolute Gasteiger partial charge is 0.243 e. The van der Waals surface area contributed by atoms with Crippen molar-refractivity contribution in [2.75, 3.05) is 49.6 Å². The molecule has 0 saturated carbocycles. The van der Waals surface area contributed by atoms with Crippen LogP contribution < -0.4 is 10.2 Å². The molecule has 0 atom stereocenters. The molecule has 0 spiro atoms. The summed E-state index contributed by atoms with van der Waals surface area (Å²) < 4.78 is 33.2. The van der Waals surface area contributed by atoms with E-state index in [0.717, 1.165) is 48.4 Å². The molecule has 3 aliphatic heterocycles. The maximum absolute atomic E-state index is 13.5. The van der Waals surface area contributed by atoms with Crippen LogP contribution in [0.25, 0.3) is 0 Å². The summed E-state index contributed by atoms with van der Waals surface area (Å²) in [4.78, 5) is 27.5. The van der Waals surface area contributed by atoms with Crippen molar-refractivity contribution >= 4 is 33.1 Å². The number of anilines is 2. The number of hydrogen-bond donors (Lipinski definition) is 1. The number of rotatable bonds is 6. The molecule has 8 nitrogen and oxygen atoms in total. The first-order chi connectivity index (χ1) is 16.4. The van der Waals surface area contributed by atoms with Crippen molar-refractivity contribution in [3.8, 4) is 0 Å². The van der Waals surface area contributed by atoms with Gasteiger partial charge in [-0.2, -0.15) is 4.31 Å². The number of benzene rings is 2. The van der Waals surface area contributed by atoms with Gasteiger partial charge in [0, 0.05) is 56.0 Å². The number of carbonyl (C=O) groups is 2. The number of nitrogens with one attached hydrogen (secondary N) is 1. The summed E-state index contributed by atoms with van der Waals surface area (Å²) in [5, 5.41) is 2.86. The van der Waals surface area contributed by atoms with E-state index >= 15 is 0 Å². The van der Waals surface area contributed by atoms with Gasteiger partial charge in [-0.05, 0) is 54.7 Å². The highest BCUT2D eigenvalue weighted by molar-refractivity contribution is 7.89. The van der Waals surface area contributed by atoms with Crippen LogP contribution in [-0.2, 0) is 32.4 Å². The molecule has 3 heterocycles. The lowest BCUT2D eigenvalue weighted by molar-refractivity contribution is -0.116. The minimum Gasteiger partial charge on any atom is -0.379 e. The van der Waals surface area contributed by atoms with Crippen molar-refractivity contribution in [1.82, 2.24) is 4.31 Å². The lowest BCUT2D eigenvalue weighted by Crippen LogP contribution is -2.40. The summed E-state index contributed by atoms with van der Waals surface area (Å²) in [6.07, 6.45) is 3.36. The van der Waals surface area contributed by atoms with Gasteiger partial charge in [0.2, 0.25) is 15.9 Å². The highest BCUT2D eigenvalue weighted by atomic mass is 32.2. The highest BCUT2D eigenvalue weighted by Gasteiger charge is 2.29. The predicted octanol–water partition coefficient (Wildman–Crippen LogP) is 2.62. The molecule has 2 aromatic rings. The summed E-state index contributed by atoms with van der Waals surface area (Å²) >= 11 is 0. The fourth-order valence-electron chi connectivity index (χ4n) is 4.90. The average molecular weight is 484 g/mol. The van der Waals surface area contributed by atoms with E-state index in [1.165, 1.54) is 4.31 Å². The molecule has 1 amide bonds. The second-order valence-corrected chi connectivity index (χ2v) is 11.0. The number of fused-ring (bicyclic) bond motifs is 1. The Labute approximate surface area is 199 Å². The Morgan fingerprint density at radius 3 is 2.50 bits per heavy atom. The summed E-state index contributed by atoms with van der Waals surface area (Å²) in [5.74, 6) is -0.106. The molecule has 0 unspecified atom stereocenters. The molecule has 0 radical (unpaired) electrons. The normalized spacial score (nSPS) is 19.1. The molecule has 0 bridgehead atoms. The quantitative estimate of drug-likeness (QED) is 0.635. The van der Waals surface area contributed by atoms with E-state index in [1.54, 1.807) is 18.2 Å². The van der Waals surface area contributed by atoms with E-state index in [1.807, 2.05) is 18.2 Å². The van der Waals surface area contributed by atoms with E-state index in [4.69, 9.17) is 4.74 Å². The maximum atomic E-state index is 13.5. The molecule has 2 saturated heterocycles. The first-order valence-electron chi connectivity index (χ1n) is 11.8. The van der Waals surface area contributed by atoms with Crippen molar-refractivity contribution in [2.45, 2.75) is 37.0 Å². The van der Waals surface area contributed by atoms with Crippen LogP contribution in [0.4, 0.5) is 11.4 Å². The van der Waals surface area contributed by atoms with Gasteiger partial charge < -0.3 is 15.0 Å². The number of Topliss-reactive ketones (excluding diaryl/α,β-unsaturated/α-hetero) is 1. The van der Waals surface area contributed by atoms with Crippen LogP contribution in [0.5, 0.6) is 0 Å². The Hall–Kier alpha value is -2.75. The maximum Gasteiger partial charge on any atom is 0.243 e. The van der Waals surface area contributed by atoms with Gasteiger partial charge in [0.25, 0.3) is 0 Å². The number of ether oxygens (including phenoxy) is 1. The van der Waals surface area contributed by atoms with Crippen LogP contribution >= 0.6 is 0 Å². The second kappa shape index (κ2) is 9.48. The van der Waals surface area contributed by atoms with E-state index in [9.17, 15) is 18.0 Å². The van der Waals surface area contributed by atoms with Gasteiger partial charge in [0.1, 0.15) is 0 Å². The topological polar surface area (TPSA) is 96.0 Å². The van der Waals surface area contributed by atoms with Gasteiger partial charge in [-0.3, -0.25) is 9.59 Å². The SMILES string of the molecule is O=C1CCc2cc(CC(=O)c3cc(S(=O)(=O)N4CCOCC4)ccc3N3CCCC3)ccc2N1. The van der Waals surface area contributed by atoms with Gasteiger partial charge >= 0.3 is 0 Å². The molecular formula is C25H29N3O5S. The van der Waals surface area contributed by atoms with Crippen LogP contribution in [0.1, 0.15) is 40.7 Å². The van der Waals surface area contributed by atoms with Gasteiger partial charge in [-0.1, -0.05) is 12.1 Å². The van der Waals surface area contributed by atoms with Gasteiger partial charge in [0.05, 0.1) is 18.1 Å². The summed E-state index contributed by atoms with van der Waals surface area (Å²) in [6.45, 7) is 3.07. The average Bonchev–Trinajstić information content (AvgIpc) is 3.39. The molecule has 180 valence electrons. The lowest BCUT2D eigenvalue weighted by Gasteiger charge is -2.27. The molecule has 5 rings (SSSR count). The molecule has 1 N–H and O–H groups in total. The third kappa shape index (κ3) is 4.60. The van der Waals surface area contributed by atoms with Gasteiger partial charge in [-0.15, -0.1) is 0 Å². The third-order valence-corrected chi connectivity index (χ3v) is 8.65. The zero-order valence-electron chi connectivity index (χ0n) is 19.1. The first kappa shape index (κ1) is 23.0. The standard InChI is InChI=1S/C25H29N3O5S/c29-24(16-18-3-6-22-19(15-18)4-8-25(30)26-22)21-17-20(5-7-23(21)27-9-1-2-10-27)34(31,32)28-11-13-33-14-12-28/h3,5-7,15,17H,1-2,4,8-14,16H2,(H,26,30). The number of sulfonamides is 1. The Morgan fingerprint density at radius 1 is 0.971 bits per heavy atom. The summed E-state index contributed by atoms with van der Waals surface area (Å²) in [7, 11) is -3.71. The number of hydrogen-bond acceptors (Lipinski definition) is 6. The van der Waals surface area contributed by atoms with Crippen LogP contribution in [0, 0.1) is 0 Å². The minimum atomic E-state index is -3.71. The predicted molar refractivity (Wildman–Crippen MR) is 129 cm³/mol. The monoisotopic (exact) mass is 483 g/mol. The fourth-order valence-corrected chi connectivity index (χ4v) is 6.33. The minimum absolute atomic E-state index is 0.00451. The summed E-state index contributed by atoms with van der Waals surface area (Å²) in [5.41, 5.74) is 3.92. The van der Waals surface area contributed by atoms with Gasteiger partial charge in [-0.25, -0.2) is 8.42 Å². The largest absolute Gasteiger partial charge is 0.379 e. The molecule has 3 aliphatic rings. The van der Waals surface area contributed by atoms with Crippen LogP contribution in [0.15, 0.2) is 41.3 Å². The number of morpholine rings is 1. The Balaban J connectivity index is 1.46. The molecule has 2 fully saturated rings. The van der Waals surface area contributed by atoms with E-state index in [0.29, 0.717) is 44.7 Å². The molecular weight excluding hydrogens is 454 g/mol. The molecule has 0 aliphatic carbocycles. The molecule has 2 aromatic carbocycles. The fraction of sp³-hybridized carbons (Fsp3) is 0.440. The molecule has 34 heavy (non-hydrogen) atoms. The van der Waals surface area contributed by atoms with E-state index in [-0.39, 0.29) is 23.0 Å². The van der Waals surface area contributed by atoms with Crippen molar-refractivity contribution < 1.29 is 22.7 Å². The van der Waals surface area contributed by atoms with Crippen LogP contribution in [0.2, 0.25) is 0 Å². The van der Waals surface area contributed by atoms with Crippen molar-refractivity contribution in [3.63, 3.8) is 0 Å². The number of aryl methyl sites for hydroxylation is 1. The highest BCUT2D eigenvalue weighted by Crippen LogP contribution is 2.31.